The SMILES string of the molecule is O=C(CSC(F)(F)F)NC1C(=O)N2C(C(=O)O)=C(CSc3n[nH]c(CS(=O)(=O)O)n3)CS[C@@H]12. The van der Waals surface area contributed by atoms with E-state index in [-0.39, 0.29) is 28.2 Å². The van der Waals surface area contributed by atoms with Crippen LogP contribution in [0.5, 0.6) is 0 Å². The van der Waals surface area contributed by atoms with Crippen LogP contribution in [0.25, 0.3) is 0 Å². The predicted molar refractivity (Wildman–Crippen MR) is 111 cm³/mol. The number of amides is 2. The Kier molecular flexibility index (Phi) is 7.56. The molecule has 0 aliphatic carbocycles. The molecule has 182 valence electrons. The number of nitrogens with zero attached hydrogens (tertiary/aromatic N) is 3. The molecule has 2 aliphatic rings. The van der Waals surface area contributed by atoms with Crippen LogP contribution in [-0.4, -0.2) is 90.1 Å². The molecule has 2 amide bonds. The number of carbonyl (C=O) groups is 3. The first-order valence-corrected chi connectivity index (χ1v) is 13.3. The Balaban J connectivity index is 1.65. The van der Waals surface area contributed by atoms with E-state index in [1.807, 2.05) is 0 Å². The fourth-order valence-corrected chi connectivity index (χ4v) is 6.04. The van der Waals surface area contributed by atoms with Gasteiger partial charge in [-0.2, -0.15) is 21.6 Å². The molecular formula is C14H14F3N5O7S4. The van der Waals surface area contributed by atoms with Crippen LogP contribution in [0.15, 0.2) is 16.4 Å². The highest BCUT2D eigenvalue weighted by molar-refractivity contribution is 8.01. The van der Waals surface area contributed by atoms with Gasteiger partial charge in [-0.05, 0) is 17.3 Å². The number of carboxylic acid groups (broad SMARTS) is 1. The molecule has 2 atom stereocenters. The van der Waals surface area contributed by atoms with Gasteiger partial charge in [-0.25, -0.2) is 9.78 Å². The molecule has 0 radical (unpaired) electrons. The second-order valence-corrected chi connectivity index (χ2v) is 11.1. The van der Waals surface area contributed by atoms with Crippen molar-refractivity contribution in [2.45, 2.75) is 27.8 Å². The number of nitrogens with one attached hydrogen (secondary N) is 2. The molecule has 1 unspecified atom stereocenters. The molecule has 2 aliphatic heterocycles. The Bertz CT molecular complexity index is 1110. The van der Waals surface area contributed by atoms with Crippen LogP contribution in [-0.2, 0) is 30.3 Å². The summed E-state index contributed by atoms with van der Waals surface area (Å²) in [6.07, 6.45) is 0. The van der Waals surface area contributed by atoms with Crippen molar-refractivity contribution in [1.29, 1.82) is 0 Å². The van der Waals surface area contributed by atoms with Crippen LogP contribution in [0.4, 0.5) is 13.2 Å². The minimum Gasteiger partial charge on any atom is -0.477 e. The second-order valence-electron chi connectivity index (χ2n) is 6.53. The number of hydrogen-bond donors (Lipinski definition) is 4. The van der Waals surface area contributed by atoms with Crippen LogP contribution in [0.3, 0.4) is 0 Å². The molecule has 1 saturated heterocycles. The Morgan fingerprint density at radius 1 is 1.36 bits per heavy atom. The van der Waals surface area contributed by atoms with Crippen molar-refractivity contribution in [2.75, 3.05) is 17.3 Å². The van der Waals surface area contributed by atoms with Gasteiger partial charge in [0.05, 0.1) is 5.75 Å². The molecule has 33 heavy (non-hydrogen) atoms. The number of thioether (sulfide) groups is 3. The summed E-state index contributed by atoms with van der Waals surface area (Å²) >= 11 is 1.55. The quantitative estimate of drug-likeness (QED) is 0.188. The van der Waals surface area contributed by atoms with E-state index < -0.39 is 68.1 Å². The zero-order chi connectivity index (χ0) is 24.6. The van der Waals surface area contributed by atoms with Gasteiger partial charge in [0.15, 0.2) is 0 Å². The van der Waals surface area contributed by atoms with E-state index in [1.165, 1.54) is 0 Å². The first-order chi connectivity index (χ1) is 15.2. The third-order valence-electron chi connectivity index (χ3n) is 4.14. The zero-order valence-corrected chi connectivity index (χ0v) is 19.3. The first-order valence-electron chi connectivity index (χ1n) is 8.64. The largest absolute Gasteiger partial charge is 0.477 e. The summed E-state index contributed by atoms with van der Waals surface area (Å²) in [6.45, 7) is 0. The van der Waals surface area contributed by atoms with E-state index in [1.54, 1.807) is 0 Å². The van der Waals surface area contributed by atoms with Crippen molar-refractivity contribution < 1.29 is 45.6 Å². The van der Waals surface area contributed by atoms with E-state index in [2.05, 4.69) is 20.5 Å². The molecule has 3 heterocycles. The number of halogens is 3. The van der Waals surface area contributed by atoms with Gasteiger partial charge >= 0.3 is 11.5 Å². The molecule has 0 saturated carbocycles. The Hall–Kier alpha value is -1.96. The fourth-order valence-electron chi connectivity index (χ4n) is 2.89. The summed E-state index contributed by atoms with van der Waals surface area (Å²) in [6, 6.07) is -1.14. The number of aromatic nitrogens is 3. The van der Waals surface area contributed by atoms with Gasteiger partial charge in [-0.3, -0.25) is 24.1 Å². The molecule has 1 aromatic rings. The van der Waals surface area contributed by atoms with Crippen molar-refractivity contribution >= 4 is 63.2 Å². The minimum absolute atomic E-state index is 0.0353. The van der Waals surface area contributed by atoms with Gasteiger partial charge in [0.1, 0.15) is 28.7 Å². The smallest absolute Gasteiger partial charge is 0.442 e. The fraction of sp³-hybridized carbons (Fsp3) is 0.500. The third kappa shape index (κ3) is 6.55. The van der Waals surface area contributed by atoms with E-state index >= 15 is 0 Å². The van der Waals surface area contributed by atoms with Gasteiger partial charge in [0.2, 0.25) is 11.1 Å². The summed E-state index contributed by atoms with van der Waals surface area (Å²) in [5, 5.41) is 17.2. The van der Waals surface area contributed by atoms with Gasteiger partial charge < -0.3 is 10.4 Å². The summed E-state index contributed by atoms with van der Waals surface area (Å²) in [4.78, 5) is 40.8. The van der Waals surface area contributed by atoms with Crippen LogP contribution in [0.2, 0.25) is 0 Å². The highest BCUT2D eigenvalue weighted by atomic mass is 32.2. The minimum atomic E-state index is -4.60. The number of β-lactam (4-membered cyclic amide) rings is 1. The summed E-state index contributed by atoms with van der Waals surface area (Å²) in [5.41, 5.74) is -4.57. The van der Waals surface area contributed by atoms with Gasteiger partial charge in [0.25, 0.3) is 16.0 Å². The van der Waals surface area contributed by atoms with Crippen molar-refractivity contribution in [1.82, 2.24) is 25.4 Å². The molecule has 0 bridgehead atoms. The molecule has 0 aromatic carbocycles. The zero-order valence-electron chi connectivity index (χ0n) is 16.0. The number of fused-ring (bicyclic) bond motifs is 1. The molecule has 1 aromatic heterocycles. The number of rotatable bonds is 9. The maximum Gasteiger partial charge on any atom is 0.442 e. The van der Waals surface area contributed by atoms with E-state index in [4.69, 9.17) is 4.55 Å². The lowest BCUT2D eigenvalue weighted by atomic mass is 10.0. The summed E-state index contributed by atoms with van der Waals surface area (Å²) < 4.78 is 67.3. The van der Waals surface area contributed by atoms with Gasteiger partial charge in [-0.1, -0.05) is 11.8 Å². The maximum absolute atomic E-state index is 12.5. The average Bonchev–Trinajstić information content (AvgIpc) is 3.12. The van der Waals surface area contributed by atoms with Crippen molar-refractivity contribution in [2.24, 2.45) is 0 Å². The number of carboxylic acids is 1. The molecule has 19 heteroatoms. The number of carbonyl (C=O) groups excluding carboxylic acids is 2. The summed E-state index contributed by atoms with van der Waals surface area (Å²) in [7, 11) is -4.32. The molecule has 3 rings (SSSR count). The lowest BCUT2D eigenvalue weighted by molar-refractivity contribution is -0.150. The molecule has 0 spiro atoms. The number of aromatic amines is 1. The van der Waals surface area contributed by atoms with Gasteiger partial charge in [0, 0.05) is 11.5 Å². The topological polar surface area (TPSA) is 183 Å². The van der Waals surface area contributed by atoms with Crippen LogP contribution in [0.1, 0.15) is 5.82 Å². The number of aliphatic carboxylic acids is 1. The van der Waals surface area contributed by atoms with Crippen LogP contribution in [0, 0.1) is 0 Å². The average molecular weight is 550 g/mol. The van der Waals surface area contributed by atoms with Crippen molar-refractivity contribution in [3.05, 3.63) is 17.1 Å². The molecule has 4 N–H and O–H groups in total. The second kappa shape index (κ2) is 9.72. The predicted octanol–water partition coefficient (Wildman–Crippen LogP) is 0.276. The Morgan fingerprint density at radius 2 is 2.06 bits per heavy atom. The van der Waals surface area contributed by atoms with Crippen LogP contribution < -0.4 is 5.32 Å². The monoisotopic (exact) mass is 549 g/mol. The normalized spacial score (nSPS) is 21.0. The van der Waals surface area contributed by atoms with E-state index in [0.29, 0.717) is 5.57 Å². The maximum atomic E-state index is 12.5. The van der Waals surface area contributed by atoms with E-state index in [0.717, 1.165) is 28.4 Å². The molecular weight excluding hydrogens is 535 g/mol. The highest BCUT2D eigenvalue weighted by Crippen LogP contribution is 2.41. The third-order valence-corrected chi connectivity index (χ3v) is 7.78. The molecule has 12 nitrogen and oxygen atoms in total. The Labute approximate surface area is 196 Å². The number of alkyl halides is 3. The number of H-pyrrole nitrogens is 1. The Morgan fingerprint density at radius 3 is 2.67 bits per heavy atom. The van der Waals surface area contributed by atoms with Crippen molar-refractivity contribution in [3.63, 3.8) is 0 Å². The first kappa shape index (κ1) is 25.7. The molecule has 1 fully saturated rings. The van der Waals surface area contributed by atoms with Gasteiger partial charge in [-0.15, -0.1) is 16.9 Å². The standard InChI is InChI=1S/C14H14F3N5O7S4/c15-14(16,17)32-3-7(23)19-8-10(24)22-9(12(25)26)5(1-30-11(8)22)2-31-13-18-6(20-21-13)4-33(27,28)29/h8,11H,1-4H2,(H,19,23)(H,25,26)(H,18,20,21)(H,27,28,29)/t8?,11-/m0/s1. The van der Waals surface area contributed by atoms with Crippen molar-refractivity contribution in [3.8, 4) is 0 Å². The number of hydrogen-bond acceptors (Lipinski definition) is 10. The lowest BCUT2D eigenvalue weighted by Crippen LogP contribution is -2.70. The highest BCUT2D eigenvalue weighted by Gasteiger charge is 2.54. The van der Waals surface area contributed by atoms with E-state index in [9.17, 15) is 41.1 Å². The van der Waals surface area contributed by atoms with Crippen LogP contribution >= 0.6 is 35.3 Å². The lowest BCUT2D eigenvalue weighted by Gasteiger charge is -2.49. The summed E-state index contributed by atoms with van der Waals surface area (Å²) in [5.74, 6) is -4.80.